The van der Waals surface area contributed by atoms with E-state index >= 15 is 0 Å². The van der Waals surface area contributed by atoms with Gasteiger partial charge in [0.1, 0.15) is 0 Å². The maximum atomic E-state index is 12.0. The average molecular weight is 302 g/mol. The fourth-order valence-electron chi connectivity index (χ4n) is 3.22. The van der Waals surface area contributed by atoms with Crippen molar-refractivity contribution in [2.75, 3.05) is 0 Å². The first-order valence-electron chi connectivity index (χ1n) is 8.04. The van der Waals surface area contributed by atoms with E-state index in [0.717, 1.165) is 6.42 Å². The van der Waals surface area contributed by atoms with Crippen LogP contribution >= 0.6 is 0 Å². The van der Waals surface area contributed by atoms with Crippen LogP contribution in [0.5, 0.6) is 0 Å². The van der Waals surface area contributed by atoms with Gasteiger partial charge in [0.25, 0.3) is 0 Å². The van der Waals surface area contributed by atoms with Gasteiger partial charge in [-0.2, -0.15) is 0 Å². The van der Waals surface area contributed by atoms with E-state index in [1.165, 1.54) is 0 Å². The Morgan fingerprint density at radius 3 is 2.82 bits per heavy atom. The maximum absolute atomic E-state index is 12.0. The predicted octanol–water partition coefficient (Wildman–Crippen LogP) is 3.65. The molecule has 1 aliphatic carbocycles. The standard InChI is InChI=1S/C19H26O3/c1-13(2)6-7-16(20)8-10-19-11-9-17(12-15(19)5)22-18(19)21-14(3)4/h9,11,14-15,17-18H,1,8,10,12H2,2-5H3/t15-,17-,18-,19+/m1/s1. The minimum atomic E-state index is -0.270. The van der Waals surface area contributed by atoms with Crippen molar-refractivity contribution >= 4 is 5.78 Å². The lowest BCUT2D eigenvalue weighted by Gasteiger charge is -2.52. The third-order valence-corrected chi connectivity index (χ3v) is 4.46. The van der Waals surface area contributed by atoms with Crippen molar-refractivity contribution in [2.45, 2.75) is 65.5 Å². The number of allylic oxidation sites excluding steroid dienone is 1. The zero-order chi connectivity index (χ0) is 16.3. The van der Waals surface area contributed by atoms with E-state index < -0.39 is 0 Å². The number of hydrogen-bond donors (Lipinski definition) is 0. The molecule has 0 aromatic carbocycles. The lowest BCUT2D eigenvalue weighted by molar-refractivity contribution is -0.272. The molecular formula is C19H26O3. The molecule has 4 atom stereocenters. The van der Waals surface area contributed by atoms with E-state index in [1.807, 2.05) is 13.8 Å². The van der Waals surface area contributed by atoms with Crippen molar-refractivity contribution in [3.8, 4) is 11.8 Å². The summed E-state index contributed by atoms with van der Waals surface area (Å²) in [6.07, 6.45) is 6.40. The molecule has 3 nitrogen and oxygen atoms in total. The smallest absolute Gasteiger partial charge is 0.205 e. The van der Waals surface area contributed by atoms with Crippen LogP contribution in [0.1, 0.15) is 47.0 Å². The van der Waals surface area contributed by atoms with Gasteiger partial charge in [0.15, 0.2) is 6.29 Å². The molecule has 3 rings (SSSR count). The average Bonchev–Trinajstić information content (AvgIpc) is 2.43. The number of carbonyl (C=O) groups is 1. The quantitative estimate of drug-likeness (QED) is 0.442. The van der Waals surface area contributed by atoms with Gasteiger partial charge in [-0.05, 0) is 51.0 Å². The number of hydrogen-bond acceptors (Lipinski definition) is 3. The minimum absolute atomic E-state index is 0.0473. The zero-order valence-corrected chi connectivity index (χ0v) is 14.0. The summed E-state index contributed by atoms with van der Waals surface area (Å²) >= 11 is 0. The van der Waals surface area contributed by atoms with Crippen LogP contribution in [0, 0.1) is 23.2 Å². The molecule has 120 valence electrons. The molecule has 0 aromatic heterocycles. The van der Waals surface area contributed by atoms with E-state index in [-0.39, 0.29) is 29.7 Å². The second kappa shape index (κ2) is 6.81. The lowest BCUT2D eigenvalue weighted by Crippen LogP contribution is -2.53. The molecule has 3 heteroatoms. The molecule has 0 N–H and O–H groups in total. The van der Waals surface area contributed by atoms with Crippen LogP contribution in [0.4, 0.5) is 0 Å². The second-order valence-corrected chi connectivity index (χ2v) is 6.75. The van der Waals surface area contributed by atoms with E-state index in [1.54, 1.807) is 6.92 Å². The number of Topliss-reactive ketones (excluding diaryl/α,β-unsaturated/α-hetero) is 1. The van der Waals surface area contributed by atoms with Crippen molar-refractivity contribution in [2.24, 2.45) is 11.3 Å². The normalized spacial score (nSPS) is 32.7. The minimum Gasteiger partial charge on any atom is -0.349 e. The summed E-state index contributed by atoms with van der Waals surface area (Å²) in [5, 5.41) is 0. The molecule has 0 amide bonds. The van der Waals surface area contributed by atoms with Crippen molar-refractivity contribution < 1.29 is 14.3 Å². The number of fused-ring (bicyclic) bond motifs is 2. The third-order valence-electron chi connectivity index (χ3n) is 4.46. The van der Waals surface area contributed by atoms with Gasteiger partial charge in [-0.25, -0.2) is 0 Å². The summed E-state index contributed by atoms with van der Waals surface area (Å²) < 4.78 is 12.0. The van der Waals surface area contributed by atoms with Crippen LogP contribution in [0.25, 0.3) is 0 Å². The van der Waals surface area contributed by atoms with Gasteiger partial charge in [-0.1, -0.05) is 31.6 Å². The Labute approximate surface area is 133 Å². The Bertz CT molecular complexity index is 535. The molecule has 0 saturated carbocycles. The van der Waals surface area contributed by atoms with E-state index in [2.05, 4.69) is 37.5 Å². The Morgan fingerprint density at radius 2 is 2.23 bits per heavy atom. The lowest BCUT2D eigenvalue weighted by atomic mass is 9.65. The first kappa shape index (κ1) is 17.0. The molecule has 3 aliphatic rings. The molecule has 1 saturated heterocycles. The van der Waals surface area contributed by atoms with Gasteiger partial charge in [0, 0.05) is 11.8 Å². The predicted molar refractivity (Wildman–Crippen MR) is 87.1 cm³/mol. The van der Waals surface area contributed by atoms with Crippen LogP contribution in [0.2, 0.25) is 0 Å². The molecule has 2 heterocycles. The first-order chi connectivity index (χ1) is 10.3. The largest absolute Gasteiger partial charge is 0.349 e. The van der Waals surface area contributed by atoms with E-state index in [4.69, 9.17) is 9.47 Å². The van der Waals surface area contributed by atoms with Crippen molar-refractivity contribution in [3.63, 3.8) is 0 Å². The molecule has 0 radical (unpaired) electrons. The molecule has 0 aromatic rings. The van der Waals surface area contributed by atoms with Crippen LogP contribution in [-0.2, 0) is 14.3 Å². The Hall–Kier alpha value is -1.37. The number of ketones is 1. The van der Waals surface area contributed by atoms with Gasteiger partial charge < -0.3 is 9.47 Å². The second-order valence-electron chi connectivity index (χ2n) is 6.75. The summed E-state index contributed by atoms with van der Waals surface area (Å²) in [6.45, 7) is 11.7. The summed E-state index contributed by atoms with van der Waals surface area (Å²) in [5.41, 5.74) is 0.488. The topological polar surface area (TPSA) is 35.5 Å². The van der Waals surface area contributed by atoms with Crippen LogP contribution in [0.15, 0.2) is 24.3 Å². The van der Waals surface area contributed by atoms with Crippen molar-refractivity contribution in [1.29, 1.82) is 0 Å². The summed E-state index contributed by atoms with van der Waals surface area (Å²) in [6, 6.07) is 0. The summed E-state index contributed by atoms with van der Waals surface area (Å²) in [5.74, 6) is 5.79. The van der Waals surface area contributed by atoms with Gasteiger partial charge in [0.2, 0.25) is 5.78 Å². The molecule has 1 fully saturated rings. The summed E-state index contributed by atoms with van der Waals surface area (Å²) in [7, 11) is 0. The highest BCUT2D eigenvalue weighted by atomic mass is 16.7. The third kappa shape index (κ3) is 3.69. The SMILES string of the molecule is C=C(C)C#CC(=O)CC[C@]12C=C[C@H](C[C@H]1C)O[C@H]2OC(C)C. The van der Waals surface area contributed by atoms with Crippen LogP contribution < -0.4 is 0 Å². The van der Waals surface area contributed by atoms with Crippen LogP contribution in [-0.4, -0.2) is 24.3 Å². The first-order valence-corrected chi connectivity index (χ1v) is 8.04. The molecular weight excluding hydrogens is 276 g/mol. The molecule has 0 unspecified atom stereocenters. The highest BCUT2D eigenvalue weighted by Crippen LogP contribution is 2.50. The highest BCUT2D eigenvalue weighted by Gasteiger charge is 2.51. The highest BCUT2D eigenvalue weighted by molar-refractivity contribution is 5.95. The molecule has 2 aliphatic heterocycles. The van der Waals surface area contributed by atoms with Crippen LogP contribution in [0.3, 0.4) is 0 Å². The Kier molecular flexibility index (Phi) is 5.26. The fraction of sp³-hybridized carbons (Fsp3) is 0.632. The number of carbonyl (C=O) groups excluding carboxylic acids is 1. The molecule has 22 heavy (non-hydrogen) atoms. The van der Waals surface area contributed by atoms with Gasteiger partial charge in [-0.3, -0.25) is 4.79 Å². The van der Waals surface area contributed by atoms with Crippen molar-refractivity contribution in [3.05, 3.63) is 24.3 Å². The zero-order valence-electron chi connectivity index (χ0n) is 14.0. The van der Waals surface area contributed by atoms with Gasteiger partial charge in [0.05, 0.1) is 12.2 Å². The van der Waals surface area contributed by atoms with E-state index in [9.17, 15) is 4.79 Å². The van der Waals surface area contributed by atoms with Gasteiger partial charge in [-0.15, -0.1) is 0 Å². The van der Waals surface area contributed by atoms with Crippen molar-refractivity contribution in [1.82, 2.24) is 0 Å². The fourth-order valence-corrected chi connectivity index (χ4v) is 3.22. The Morgan fingerprint density at radius 1 is 1.50 bits per heavy atom. The maximum Gasteiger partial charge on any atom is 0.205 e. The van der Waals surface area contributed by atoms with Gasteiger partial charge >= 0.3 is 0 Å². The Balaban J connectivity index is 2.11. The number of rotatable bonds is 5. The molecule has 2 bridgehead atoms. The van der Waals surface area contributed by atoms with E-state index in [0.29, 0.717) is 24.3 Å². The summed E-state index contributed by atoms with van der Waals surface area (Å²) in [4.78, 5) is 12.0. The molecule has 0 spiro atoms. The number of ether oxygens (including phenoxy) is 2. The monoisotopic (exact) mass is 302 g/mol.